The maximum atomic E-state index is 8.73. The van der Waals surface area contributed by atoms with E-state index in [4.69, 9.17) is 9.22 Å². The lowest BCUT2D eigenvalue weighted by atomic mass is 9.97. The fourth-order valence-corrected chi connectivity index (χ4v) is 0.237. The van der Waals surface area contributed by atoms with Gasteiger partial charge in [-0.25, -0.2) is 0 Å². The van der Waals surface area contributed by atoms with E-state index in [0.29, 0.717) is 6.42 Å². The van der Waals surface area contributed by atoms with Gasteiger partial charge in [0.2, 0.25) is 0 Å². The Morgan fingerprint density at radius 1 is 2.20 bits per heavy atom. The summed E-state index contributed by atoms with van der Waals surface area (Å²) in [4.78, 5) is 0. The maximum Gasteiger partial charge on any atom is 0.0600 e. The Hall–Kier alpha value is -0.0400. The smallest absolute Gasteiger partial charge is 0.0600 e. The first-order valence-corrected chi connectivity index (χ1v) is 1.68. The molecule has 1 atom stereocenters. The second-order valence-electron chi connectivity index (χ2n) is 1.12. The SMILES string of the molecule is [2H]C1([2H])CCC1([2H])O. The van der Waals surface area contributed by atoms with E-state index in [-0.39, 0.29) is 6.42 Å². The highest BCUT2D eigenvalue weighted by molar-refractivity contribution is 4.65. The molecule has 1 nitrogen and oxygen atoms in total. The van der Waals surface area contributed by atoms with Crippen molar-refractivity contribution in [2.24, 2.45) is 0 Å². The molecular weight excluding hydrogens is 64.0 g/mol. The molecule has 0 heterocycles. The molecule has 1 fully saturated rings. The highest BCUT2D eigenvalue weighted by Gasteiger charge is 2.11. The minimum Gasteiger partial charge on any atom is -0.393 e. The molecule has 0 aromatic heterocycles. The van der Waals surface area contributed by atoms with Crippen molar-refractivity contribution in [1.82, 2.24) is 0 Å². The van der Waals surface area contributed by atoms with Crippen molar-refractivity contribution >= 4 is 0 Å². The lowest BCUT2D eigenvalue weighted by molar-refractivity contribution is 0.0950. The van der Waals surface area contributed by atoms with E-state index in [1.54, 1.807) is 0 Å². The molecule has 1 unspecified atom stereocenters. The topological polar surface area (TPSA) is 20.2 Å². The van der Waals surface area contributed by atoms with Crippen LogP contribution in [-0.2, 0) is 0 Å². The van der Waals surface area contributed by atoms with Gasteiger partial charge in [-0.2, -0.15) is 0 Å². The summed E-state index contributed by atoms with van der Waals surface area (Å²) >= 11 is 0. The summed E-state index contributed by atoms with van der Waals surface area (Å²) in [5.74, 6) is 0. The molecule has 1 rings (SSSR count). The number of hydrogen-bond acceptors (Lipinski definition) is 1. The third kappa shape index (κ3) is 0.428. The number of rotatable bonds is 0. The van der Waals surface area contributed by atoms with Gasteiger partial charge in [0.15, 0.2) is 0 Å². The molecular formula is C4H8O. The summed E-state index contributed by atoms with van der Waals surface area (Å²) in [5, 5.41) is 8.73. The molecule has 1 N–H and O–H groups in total. The minimum absolute atomic E-state index is 0.264. The van der Waals surface area contributed by atoms with Crippen LogP contribution in [0.25, 0.3) is 0 Å². The zero-order valence-corrected chi connectivity index (χ0v) is 2.86. The fraction of sp³-hybridized carbons (Fsp3) is 1.00. The molecule has 30 valence electrons. The molecule has 1 heteroatoms. The van der Waals surface area contributed by atoms with Crippen LogP contribution in [0.2, 0.25) is 0 Å². The fourth-order valence-electron chi connectivity index (χ4n) is 0.237. The third-order valence-electron chi connectivity index (χ3n) is 0.691. The molecule has 0 saturated heterocycles. The first-order chi connectivity index (χ1) is 3.46. The monoisotopic (exact) mass is 75.1 g/mol. The van der Waals surface area contributed by atoms with Gasteiger partial charge in [0.1, 0.15) is 0 Å². The van der Waals surface area contributed by atoms with E-state index in [0.717, 1.165) is 0 Å². The van der Waals surface area contributed by atoms with Crippen molar-refractivity contribution in [3.63, 3.8) is 0 Å². The van der Waals surface area contributed by atoms with E-state index in [1.807, 2.05) is 0 Å². The van der Waals surface area contributed by atoms with Crippen LogP contribution in [0.5, 0.6) is 0 Å². The number of hydrogen-bond donors (Lipinski definition) is 1. The van der Waals surface area contributed by atoms with E-state index in [1.165, 1.54) is 0 Å². The molecule has 0 amide bonds. The van der Waals surface area contributed by atoms with Gasteiger partial charge in [-0.05, 0) is 19.2 Å². The standard InChI is InChI=1S/C4H8O/c5-4-2-1-3-4/h4-5H,1-3H2/i2D2,4D. The Morgan fingerprint density at radius 3 is 2.80 bits per heavy atom. The highest BCUT2D eigenvalue weighted by atomic mass is 16.3. The van der Waals surface area contributed by atoms with Crippen molar-refractivity contribution in [1.29, 1.82) is 0 Å². The molecule has 5 heavy (non-hydrogen) atoms. The quantitative estimate of drug-likeness (QED) is 0.445. The van der Waals surface area contributed by atoms with Crippen LogP contribution in [0.3, 0.4) is 0 Å². The van der Waals surface area contributed by atoms with Gasteiger partial charge in [0, 0.05) is 2.74 Å². The molecule has 1 aliphatic carbocycles. The predicted molar refractivity (Wildman–Crippen MR) is 19.9 cm³/mol. The Labute approximate surface area is 35.8 Å². The summed E-state index contributed by atoms with van der Waals surface area (Å²) in [6.45, 7) is 0. The van der Waals surface area contributed by atoms with Crippen molar-refractivity contribution in [2.75, 3.05) is 0 Å². The van der Waals surface area contributed by atoms with Gasteiger partial charge in [0.25, 0.3) is 0 Å². The van der Waals surface area contributed by atoms with Crippen LogP contribution in [0.1, 0.15) is 23.3 Å². The Kier molecular flexibility index (Phi) is 0.240. The van der Waals surface area contributed by atoms with Crippen molar-refractivity contribution < 1.29 is 9.22 Å². The van der Waals surface area contributed by atoms with Crippen LogP contribution in [0, 0.1) is 0 Å². The summed E-state index contributed by atoms with van der Waals surface area (Å²) in [6.07, 6.45) is -2.88. The van der Waals surface area contributed by atoms with Crippen molar-refractivity contribution in [2.45, 2.75) is 25.3 Å². The van der Waals surface area contributed by atoms with Crippen LogP contribution in [0.4, 0.5) is 0 Å². The summed E-state index contributed by atoms with van der Waals surface area (Å²) < 4.78 is 20.6. The lowest BCUT2D eigenvalue weighted by Gasteiger charge is -2.17. The molecule has 0 aromatic carbocycles. The normalized spacial score (nSPS) is 70.2. The van der Waals surface area contributed by atoms with Gasteiger partial charge in [-0.15, -0.1) is 0 Å². The Bertz CT molecular complexity index is 95.9. The second kappa shape index (κ2) is 0.977. The van der Waals surface area contributed by atoms with Gasteiger partial charge in [-0.1, -0.05) is 0 Å². The molecule has 0 aliphatic heterocycles. The van der Waals surface area contributed by atoms with E-state index in [2.05, 4.69) is 0 Å². The van der Waals surface area contributed by atoms with Gasteiger partial charge in [0.05, 0.1) is 7.45 Å². The molecule has 0 aromatic rings. The summed E-state index contributed by atoms with van der Waals surface area (Å²) in [7, 11) is 0. The maximum absolute atomic E-state index is 8.73. The average molecular weight is 75.1 g/mol. The largest absolute Gasteiger partial charge is 0.393 e. The predicted octanol–water partition coefficient (Wildman–Crippen LogP) is 0.531. The molecule has 1 aliphatic rings. The van der Waals surface area contributed by atoms with Gasteiger partial charge < -0.3 is 5.11 Å². The summed E-state index contributed by atoms with van der Waals surface area (Å²) in [6, 6.07) is 0. The number of aliphatic hydroxyl groups is 1. The second-order valence-corrected chi connectivity index (χ2v) is 1.12. The average Bonchev–Trinajstić information content (AvgIpc) is 1.64. The van der Waals surface area contributed by atoms with E-state index in [9.17, 15) is 0 Å². The van der Waals surface area contributed by atoms with Crippen LogP contribution >= 0.6 is 0 Å². The zero-order chi connectivity index (χ0) is 6.41. The van der Waals surface area contributed by atoms with Gasteiger partial charge in [-0.3, -0.25) is 0 Å². The first-order valence-electron chi connectivity index (χ1n) is 3.18. The molecule has 0 spiro atoms. The zero-order valence-electron chi connectivity index (χ0n) is 5.86. The molecule has 1 saturated carbocycles. The van der Waals surface area contributed by atoms with Crippen LogP contribution in [-0.4, -0.2) is 11.2 Å². The van der Waals surface area contributed by atoms with E-state index < -0.39 is 12.5 Å². The molecule has 0 radical (unpaired) electrons. The minimum atomic E-state index is -1.80. The Morgan fingerprint density at radius 2 is 2.80 bits per heavy atom. The van der Waals surface area contributed by atoms with Crippen LogP contribution in [0.15, 0.2) is 0 Å². The third-order valence-corrected chi connectivity index (χ3v) is 0.691. The highest BCUT2D eigenvalue weighted by Crippen LogP contribution is 2.16. The van der Waals surface area contributed by atoms with Crippen LogP contribution < -0.4 is 0 Å². The lowest BCUT2D eigenvalue weighted by Crippen LogP contribution is -2.15. The Balaban J connectivity index is 2.63. The molecule has 0 bridgehead atoms. The van der Waals surface area contributed by atoms with E-state index >= 15 is 0 Å². The first kappa shape index (κ1) is 1.23. The van der Waals surface area contributed by atoms with Crippen molar-refractivity contribution in [3.8, 4) is 0 Å². The van der Waals surface area contributed by atoms with Crippen molar-refractivity contribution in [3.05, 3.63) is 0 Å². The van der Waals surface area contributed by atoms with Gasteiger partial charge >= 0.3 is 0 Å². The summed E-state index contributed by atoms with van der Waals surface area (Å²) in [5.41, 5.74) is 0.